The molecular formula is C18H18F3N3O3. The molecule has 1 aliphatic heterocycles. The van der Waals surface area contributed by atoms with Crippen LogP contribution in [0.4, 0.5) is 19.0 Å². The van der Waals surface area contributed by atoms with Gasteiger partial charge in [-0.2, -0.15) is 13.2 Å². The van der Waals surface area contributed by atoms with Gasteiger partial charge in [-0.15, -0.1) is 0 Å². The van der Waals surface area contributed by atoms with E-state index in [0.717, 1.165) is 12.3 Å². The van der Waals surface area contributed by atoms with E-state index in [9.17, 15) is 23.1 Å². The quantitative estimate of drug-likeness (QED) is 0.886. The predicted octanol–water partition coefficient (Wildman–Crippen LogP) is 2.78. The van der Waals surface area contributed by atoms with Gasteiger partial charge in [0.1, 0.15) is 17.3 Å². The van der Waals surface area contributed by atoms with Crippen molar-refractivity contribution in [3.8, 4) is 11.5 Å². The number of phenolic OH excluding ortho intramolecular Hbond substituents is 1. The Hall–Kier alpha value is -2.97. The van der Waals surface area contributed by atoms with Gasteiger partial charge >= 0.3 is 6.18 Å². The van der Waals surface area contributed by atoms with Gasteiger partial charge in [0.25, 0.3) is 5.91 Å². The Morgan fingerprint density at radius 2 is 1.85 bits per heavy atom. The van der Waals surface area contributed by atoms with Gasteiger partial charge in [-0.1, -0.05) is 0 Å². The molecule has 1 aliphatic rings. The Balaban J connectivity index is 1.64. The van der Waals surface area contributed by atoms with Crippen LogP contribution in [-0.4, -0.2) is 54.2 Å². The fourth-order valence-corrected chi connectivity index (χ4v) is 2.87. The van der Waals surface area contributed by atoms with Crippen LogP contribution in [0, 0.1) is 0 Å². The Morgan fingerprint density at radius 1 is 1.15 bits per heavy atom. The van der Waals surface area contributed by atoms with E-state index in [1.165, 1.54) is 25.3 Å². The number of pyridine rings is 1. The van der Waals surface area contributed by atoms with Gasteiger partial charge in [0.2, 0.25) is 0 Å². The molecule has 0 radical (unpaired) electrons. The third-order valence-electron chi connectivity index (χ3n) is 4.40. The topological polar surface area (TPSA) is 65.9 Å². The van der Waals surface area contributed by atoms with Crippen LogP contribution in [0.1, 0.15) is 15.9 Å². The summed E-state index contributed by atoms with van der Waals surface area (Å²) in [6, 6.07) is 6.79. The number of hydrogen-bond donors (Lipinski definition) is 1. The SMILES string of the molecule is COc1ccc(C(=O)N2CCN(c3ccc(C(F)(F)F)cn3)CC2)c(O)c1. The summed E-state index contributed by atoms with van der Waals surface area (Å²) in [5.41, 5.74) is -0.619. The number of methoxy groups -OCH3 is 1. The van der Waals surface area contributed by atoms with Crippen molar-refractivity contribution in [2.45, 2.75) is 6.18 Å². The van der Waals surface area contributed by atoms with E-state index in [-0.39, 0.29) is 17.2 Å². The number of aromatic hydroxyl groups is 1. The van der Waals surface area contributed by atoms with Crippen molar-refractivity contribution < 1.29 is 27.8 Å². The first-order chi connectivity index (χ1) is 12.8. The van der Waals surface area contributed by atoms with E-state index in [1.54, 1.807) is 11.0 Å². The van der Waals surface area contributed by atoms with Gasteiger partial charge in [-0.3, -0.25) is 4.79 Å². The van der Waals surface area contributed by atoms with Crippen LogP contribution >= 0.6 is 0 Å². The Kier molecular flexibility index (Phi) is 5.11. The summed E-state index contributed by atoms with van der Waals surface area (Å²) in [5.74, 6) is 0.408. The summed E-state index contributed by atoms with van der Waals surface area (Å²) in [4.78, 5) is 19.9. The standard InChI is InChI=1S/C18H18F3N3O3/c1-27-13-3-4-14(15(25)10-13)17(26)24-8-6-23(7-9-24)16-5-2-12(11-22-16)18(19,20)21/h2-5,10-11,25H,6-9H2,1H3. The number of anilines is 1. The number of piperazine rings is 1. The summed E-state index contributed by atoms with van der Waals surface area (Å²) >= 11 is 0. The number of benzene rings is 1. The normalized spacial score (nSPS) is 15.0. The first-order valence-electron chi connectivity index (χ1n) is 8.24. The van der Waals surface area contributed by atoms with Crippen molar-refractivity contribution in [2.75, 3.05) is 38.2 Å². The number of phenols is 1. The molecule has 3 rings (SSSR count). The van der Waals surface area contributed by atoms with E-state index in [4.69, 9.17) is 4.74 Å². The molecule has 27 heavy (non-hydrogen) atoms. The van der Waals surface area contributed by atoms with Gasteiger partial charge in [0.05, 0.1) is 18.2 Å². The summed E-state index contributed by atoms with van der Waals surface area (Å²) in [6.07, 6.45) is -3.61. The fourth-order valence-electron chi connectivity index (χ4n) is 2.87. The van der Waals surface area contributed by atoms with Crippen molar-refractivity contribution in [1.82, 2.24) is 9.88 Å². The second-order valence-electron chi connectivity index (χ2n) is 6.07. The van der Waals surface area contributed by atoms with Crippen molar-refractivity contribution in [1.29, 1.82) is 0 Å². The molecule has 0 aliphatic carbocycles. The Labute approximate surface area is 153 Å². The number of aromatic nitrogens is 1. The first-order valence-corrected chi connectivity index (χ1v) is 8.24. The zero-order valence-corrected chi connectivity index (χ0v) is 14.5. The lowest BCUT2D eigenvalue weighted by atomic mass is 10.1. The molecular weight excluding hydrogens is 363 g/mol. The van der Waals surface area contributed by atoms with E-state index < -0.39 is 11.7 Å². The maximum absolute atomic E-state index is 12.6. The highest BCUT2D eigenvalue weighted by Crippen LogP contribution is 2.30. The van der Waals surface area contributed by atoms with Crippen LogP contribution in [0.2, 0.25) is 0 Å². The van der Waals surface area contributed by atoms with Gasteiger partial charge in [0, 0.05) is 38.4 Å². The number of ether oxygens (including phenoxy) is 1. The number of nitrogens with zero attached hydrogens (tertiary/aromatic N) is 3. The van der Waals surface area contributed by atoms with Gasteiger partial charge in [0.15, 0.2) is 0 Å². The molecule has 0 spiro atoms. The molecule has 0 bridgehead atoms. The second kappa shape index (κ2) is 7.34. The Morgan fingerprint density at radius 3 is 2.37 bits per heavy atom. The average Bonchev–Trinajstić information content (AvgIpc) is 2.67. The molecule has 144 valence electrons. The summed E-state index contributed by atoms with van der Waals surface area (Å²) < 4.78 is 42.9. The van der Waals surface area contributed by atoms with E-state index in [1.807, 2.05) is 4.90 Å². The zero-order valence-electron chi connectivity index (χ0n) is 14.5. The Bertz CT molecular complexity index is 817. The number of alkyl halides is 3. The minimum Gasteiger partial charge on any atom is -0.507 e. The molecule has 1 aromatic carbocycles. The van der Waals surface area contributed by atoms with Gasteiger partial charge < -0.3 is 19.6 Å². The molecule has 2 aromatic rings. The zero-order chi connectivity index (χ0) is 19.6. The molecule has 0 atom stereocenters. The van der Waals surface area contributed by atoms with Crippen LogP contribution in [0.25, 0.3) is 0 Å². The molecule has 1 aromatic heterocycles. The monoisotopic (exact) mass is 381 g/mol. The molecule has 1 saturated heterocycles. The fraction of sp³-hybridized carbons (Fsp3) is 0.333. The molecule has 2 heterocycles. The van der Waals surface area contributed by atoms with Crippen molar-refractivity contribution in [3.05, 3.63) is 47.7 Å². The number of amides is 1. The number of rotatable bonds is 3. The maximum Gasteiger partial charge on any atom is 0.417 e. The third-order valence-corrected chi connectivity index (χ3v) is 4.40. The minimum absolute atomic E-state index is 0.161. The maximum atomic E-state index is 12.6. The second-order valence-corrected chi connectivity index (χ2v) is 6.07. The average molecular weight is 381 g/mol. The highest BCUT2D eigenvalue weighted by atomic mass is 19.4. The predicted molar refractivity (Wildman–Crippen MR) is 92.0 cm³/mol. The van der Waals surface area contributed by atoms with E-state index in [2.05, 4.69) is 4.98 Å². The molecule has 0 saturated carbocycles. The molecule has 9 heteroatoms. The number of carbonyl (C=O) groups is 1. The smallest absolute Gasteiger partial charge is 0.417 e. The summed E-state index contributed by atoms with van der Waals surface area (Å²) in [6.45, 7) is 1.60. The summed E-state index contributed by atoms with van der Waals surface area (Å²) in [7, 11) is 1.46. The molecule has 0 unspecified atom stereocenters. The first kappa shape index (κ1) is 18.8. The third kappa shape index (κ3) is 4.07. The lowest BCUT2D eigenvalue weighted by molar-refractivity contribution is -0.137. The van der Waals surface area contributed by atoms with Crippen molar-refractivity contribution >= 4 is 11.7 Å². The van der Waals surface area contributed by atoms with E-state index in [0.29, 0.717) is 37.7 Å². The van der Waals surface area contributed by atoms with Crippen LogP contribution in [0.5, 0.6) is 11.5 Å². The largest absolute Gasteiger partial charge is 0.507 e. The van der Waals surface area contributed by atoms with Gasteiger partial charge in [-0.25, -0.2) is 4.98 Å². The molecule has 6 nitrogen and oxygen atoms in total. The van der Waals surface area contributed by atoms with Crippen molar-refractivity contribution in [3.63, 3.8) is 0 Å². The highest BCUT2D eigenvalue weighted by Gasteiger charge is 2.31. The lowest BCUT2D eigenvalue weighted by Gasteiger charge is -2.35. The number of hydrogen-bond acceptors (Lipinski definition) is 5. The molecule has 1 fully saturated rings. The lowest BCUT2D eigenvalue weighted by Crippen LogP contribution is -2.49. The number of carbonyl (C=O) groups excluding carboxylic acids is 1. The minimum atomic E-state index is -4.42. The van der Waals surface area contributed by atoms with Crippen LogP contribution in [0.3, 0.4) is 0 Å². The van der Waals surface area contributed by atoms with Crippen molar-refractivity contribution in [2.24, 2.45) is 0 Å². The van der Waals surface area contributed by atoms with Gasteiger partial charge in [-0.05, 0) is 24.3 Å². The highest BCUT2D eigenvalue weighted by molar-refractivity contribution is 5.97. The molecule has 1 N–H and O–H groups in total. The van der Waals surface area contributed by atoms with E-state index >= 15 is 0 Å². The van der Waals surface area contributed by atoms with Crippen LogP contribution in [-0.2, 0) is 6.18 Å². The number of halogens is 3. The molecule has 1 amide bonds. The van der Waals surface area contributed by atoms with Crippen LogP contribution < -0.4 is 9.64 Å². The van der Waals surface area contributed by atoms with Crippen LogP contribution in [0.15, 0.2) is 36.5 Å². The summed E-state index contributed by atoms with van der Waals surface area (Å²) in [5, 5.41) is 10.0.